The van der Waals surface area contributed by atoms with Gasteiger partial charge in [0.1, 0.15) is 5.84 Å². The highest BCUT2D eigenvalue weighted by Gasteiger charge is 2.12. The molecular weight excluding hydrogens is 276 g/mol. The number of amidine groups is 1. The zero-order valence-corrected chi connectivity index (χ0v) is 13.1. The first-order chi connectivity index (χ1) is 10.6. The molecule has 1 aromatic carbocycles. The molecular formula is C17H22N4O. The molecule has 0 spiro atoms. The largest absolute Gasteiger partial charge is 0.384 e. The van der Waals surface area contributed by atoms with Crippen molar-refractivity contribution in [3.8, 4) is 11.3 Å². The average molecular weight is 298 g/mol. The summed E-state index contributed by atoms with van der Waals surface area (Å²) in [7, 11) is 0. The third-order valence-corrected chi connectivity index (χ3v) is 3.65. The van der Waals surface area contributed by atoms with Gasteiger partial charge in [-0.1, -0.05) is 44.5 Å². The lowest BCUT2D eigenvalue weighted by Gasteiger charge is -2.10. The van der Waals surface area contributed by atoms with Gasteiger partial charge in [0.15, 0.2) is 0 Å². The smallest absolute Gasteiger partial charge is 0.277 e. The van der Waals surface area contributed by atoms with E-state index in [4.69, 9.17) is 11.1 Å². The zero-order chi connectivity index (χ0) is 16.1. The van der Waals surface area contributed by atoms with Crippen LogP contribution >= 0.6 is 0 Å². The number of unbranched alkanes of at least 4 members (excludes halogenated alkanes) is 1. The van der Waals surface area contributed by atoms with Crippen molar-refractivity contribution in [3.05, 3.63) is 51.8 Å². The van der Waals surface area contributed by atoms with Crippen LogP contribution in [0, 0.1) is 5.41 Å². The fourth-order valence-electron chi connectivity index (χ4n) is 2.25. The molecule has 2 aromatic rings. The third kappa shape index (κ3) is 3.42. The molecule has 3 N–H and O–H groups in total. The van der Waals surface area contributed by atoms with E-state index in [9.17, 15) is 4.79 Å². The summed E-state index contributed by atoms with van der Waals surface area (Å²) >= 11 is 0. The topological polar surface area (TPSA) is 84.8 Å². The van der Waals surface area contributed by atoms with Gasteiger partial charge in [0.2, 0.25) is 0 Å². The summed E-state index contributed by atoms with van der Waals surface area (Å²) in [6, 6.07) is 9.67. The van der Waals surface area contributed by atoms with Gasteiger partial charge in [-0.25, -0.2) is 4.68 Å². The molecule has 0 atom stereocenters. The van der Waals surface area contributed by atoms with Crippen LogP contribution in [0.15, 0.2) is 35.1 Å². The number of nitrogens with two attached hydrogens (primary N) is 1. The van der Waals surface area contributed by atoms with Crippen LogP contribution in [-0.4, -0.2) is 15.6 Å². The van der Waals surface area contributed by atoms with Gasteiger partial charge in [-0.05, 0) is 24.5 Å². The number of rotatable bonds is 6. The first kappa shape index (κ1) is 15.9. The highest BCUT2D eigenvalue weighted by atomic mass is 16.1. The van der Waals surface area contributed by atoms with Gasteiger partial charge >= 0.3 is 0 Å². The van der Waals surface area contributed by atoms with Gasteiger partial charge in [-0.15, -0.1) is 0 Å². The molecule has 0 bridgehead atoms. The van der Waals surface area contributed by atoms with E-state index in [-0.39, 0.29) is 17.0 Å². The van der Waals surface area contributed by atoms with E-state index >= 15 is 0 Å². The predicted molar refractivity (Wildman–Crippen MR) is 89.2 cm³/mol. The molecule has 5 nitrogen and oxygen atoms in total. The van der Waals surface area contributed by atoms with Crippen LogP contribution in [0.4, 0.5) is 0 Å². The van der Waals surface area contributed by atoms with Crippen molar-refractivity contribution in [1.29, 1.82) is 5.41 Å². The number of benzene rings is 1. The SMILES string of the molecule is CCCCn1nc(-c2ccc(CC)cc2)cc(C(=N)N)c1=O. The normalized spacial score (nSPS) is 10.6. The van der Waals surface area contributed by atoms with Crippen LogP contribution in [0.25, 0.3) is 11.3 Å². The molecule has 0 aliphatic rings. The maximum atomic E-state index is 12.3. The number of aromatic nitrogens is 2. The van der Waals surface area contributed by atoms with Crippen LogP contribution in [0.5, 0.6) is 0 Å². The molecule has 1 heterocycles. The second kappa shape index (κ2) is 7.02. The van der Waals surface area contributed by atoms with Crippen LogP contribution in [0.3, 0.4) is 0 Å². The van der Waals surface area contributed by atoms with Crippen molar-refractivity contribution in [2.24, 2.45) is 5.73 Å². The quantitative estimate of drug-likeness (QED) is 0.635. The van der Waals surface area contributed by atoms with Crippen molar-refractivity contribution in [1.82, 2.24) is 9.78 Å². The number of hydrogen-bond acceptors (Lipinski definition) is 3. The van der Waals surface area contributed by atoms with Gasteiger partial charge in [0.25, 0.3) is 5.56 Å². The minimum absolute atomic E-state index is 0.209. The lowest BCUT2D eigenvalue weighted by Crippen LogP contribution is -2.31. The van der Waals surface area contributed by atoms with E-state index in [1.807, 2.05) is 24.3 Å². The maximum Gasteiger partial charge on any atom is 0.277 e. The Morgan fingerprint density at radius 2 is 1.95 bits per heavy atom. The average Bonchev–Trinajstić information content (AvgIpc) is 2.53. The molecule has 0 radical (unpaired) electrons. The monoisotopic (exact) mass is 298 g/mol. The number of hydrogen-bond donors (Lipinski definition) is 2. The first-order valence-corrected chi connectivity index (χ1v) is 7.62. The maximum absolute atomic E-state index is 12.3. The molecule has 0 amide bonds. The second-order valence-corrected chi connectivity index (χ2v) is 5.29. The number of nitrogen functional groups attached to an aromatic ring is 1. The van der Waals surface area contributed by atoms with Crippen LogP contribution in [0.2, 0.25) is 0 Å². The number of aryl methyl sites for hydroxylation is 2. The molecule has 0 saturated carbocycles. The van der Waals surface area contributed by atoms with E-state index in [0.717, 1.165) is 24.8 Å². The Balaban J connectivity index is 2.52. The van der Waals surface area contributed by atoms with Crippen molar-refractivity contribution in [2.45, 2.75) is 39.7 Å². The number of nitrogens with zero attached hydrogens (tertiary/aromatic N) is 2. The Morgan fingerprint density at radius 1 is 1.27 bits per heavy atom. The Hall–Kier alpha value is -2.43. The molecule has 5 heteroatoms. The lowest BCUT2D eigenvalue weighted by atomic mass is 10.1. The Kier molecular flexibility index (Phi) is 5.09. The van der Waals surface area contributed by atoms with Gasteiger partial charge in [-0.3, -0.25) is 10.2 Å². The molecule has 0 aliphatic carbocycles. The minimum Gasteiger partial charge on any atom is -0.384 e. The standard InChI is InChI=1S/C17H22N4O/c1-3-5-10-21-17(22)14(16(18)19)11-15(20-21)13-8-6-12(4-2)7-9-13/h6-9,11H,3-5,10H2,1-2H3,(H3,18,19). The summed E-state index contributed by atoms with van der Waals surface area (Å²) in [5.74, 6) is -0.218. The summed E-state index contributed by atoms with van der Waals surface area (Å²) in [5, 5.41) is 12.0. The summed E-state index contributed by atoms with van der Waals surface area (Å²) in [6.45, 7) is 4.70. The molecule has 2 rings (SSSR count). The Labute approximate surface area is 130 Å². The predicted octanol–water partition coefficient (Wildman–Crippen LogP) is 2.56. The Morgan fingerprint density at radius 3 is 2.50 bits per heavy atom. The van der Waals surface area contributed by atoms with E-state index < -0.39 is 0 Å². The summed E-state index contributed by atoms with van der Waals surface area (Å²) < 4.78 is 1.42. The van der Waals surface area contributed by atoms with Crippen molar-refractivity contribution in [2.75, 3.05) is 0 Å². The minimum atomic E-state index is -0.296. The molecule has 0 unspecified atom stereocenters. The molecule has 22 heavy (non-hydrogen) atoms. The van der Waals surface area contributed by atoms with Gasteiger partial charge in [0.05, 0.1) is 11.3 Å². The summed E-state index contributed by atoms with van der Waals surface area (Å²) in [5.41, 5.74) is 8.30. The molecule has 1 aromatic heterocycles. The van der Waals surface area contributed by atoms with Crippen LogP contribution in [-0.2, 0) is 13.0 Å². The third-order valence-electron chi connectivity index (χ3n) is 3.65. The fraction of sp³-hybridized carbons (Fsp3) is 0.353. The van der Waals surface area contributed by atoms with Gasteiger partial charge in [-0.2, -0.15) is 5.10 Å². The van der Waals surface area contributed by atoms with Crippen molar-refractivity contribution >= 4 is 5.84 Å². The molecule has 0 aliphatic heterocycles. The number of nitrogens with one attached hydrogen (secondary N) is 1. The Bertz CT molecular complexity index is 716. The van der Waals surface area contributed by atoms with E-state index in [0.29, 0.717) is 12.2 Å². The molecule has 0 fully saturated rings. The molecule has 0 saturated heterocycles. The van der Waals surface area contributed by atoms with Crippen LogP contribution in [0.1, 0.15) is 37.8 Å². The van der Waals surface area contributed by atoms with Crippen molar-refractivity contribution < 1.29 is 0 Å². The summed E-state index contributed by atoms with van der Waals surface area (Å²) in [4.78, 5) is 12.3. The fourth-order valence-corrected chi connectivity index (χ4v) is 2.25. The molecule has 116 valence electrons. The second-order valence-electron chi connectivity index (χ2n) is 5.29. The lowest BCUT2D eigenvalue weighted by molar-refractivity contribution is 0.544. The van der Waals surface area contributed by atoms with Crippen molar-refractivity contribution in [3.63, 3.8) is 0 Å². The highest BCUT2D eigenvalue weighted by molar-refractivity contribution is 5.95. The van der Waals surface area contributed by atoms with Gasteiger partial charge in [0, 0.05) is 12.1 Å². The van der Waals surface area contributed by atoms with E-state index in [2.05, 4.69) is 18.9 Å². The van der Waals surface area contributed by atoms with E-state index in [1.165, 1.54) is 10.2 Å². The van der Waals surface area contributed by atoms with Gasteiger partial charge < -0.3 is 5.73 Å². The zero-order valence-electron chi connectivity index (χ0n) is 13.1. The van der Waals surface area contributed by atoms with Crippen LogP contribution < -0.4 is 11.3 Å². The first-order valence-electron chi connectivity index (χ1n) is 7.62. The summed E-state index contributed by atoms with van der Waals surface area (Å²) in [6.07, 6.45) is 2.81. The highest BCUT2D eigenvalue weighted by Crippen LogP contribution is 2.17. The van der Waals surface area contributed by atoms with E-state index in [1.54, 1.807) is 6.07 Å².